The van der Waals surface area contributed by atoms with E-state index in [2.05, 4.69) is 10.6 Å². The van der Waals surface area contributed by atoms with Gasteiger partial charge < -0.3 is 24.9 Å². The molecule has 0 spiro atoms. The molecule has 0 bridgehead atoms. The summed E-state index contributed by atoms with van der Waals surface area (Å²) in [6, 6.07) is 8.52. The van der Waals surface area contributed by atoms with Gasteiger partial charge in [-0.05, 0) is 64.4 Å². The van der Waals surface area contributed by atoms with Crippen LogP contribution >= 0.6 is 0 Å². The van der Waals surface area contributed by atoms with Crippen molar-refractivity contribution in [3.63, 3.8) is 0 Å². The van der Waals surface area contributed by atoms with Gasteiger partial charge in [-0.15, -0.1) is 5.06 Å². The number of rotatable bonds is 12. The van der Waals surface area contributed by atoms with E-state index in [9.17, 15) is 14.4 Å². The van der Waals surface area contributed by atoms with Gasteiger partial charge >= 0.3 is 18.2 Å². The molecule has 2 aliphatic rings. The lowest BCUT2D eigenvalue weighted by Gasteiger charge is -2.40. The Bertz CT molecular complexity index is 950. The third-order valence-electron chi connectivity index (χ3n) is 7.89. The molecule has 0 unspecified atom stereocenters. The van der Waals surface area contributed by atoms with Gasteiger partial charge in [0.2, 0.25) is 0 Å². The van der Waals surface area contributed by atoms with Crippen LogP contribution in [0.5, 0.6) is 0 Å². The van der Waals surface area contributed by atoms with Crippen LogP contribution in [0.1, 0.15) is 117 Å². The van der Waals surface area contributed by atoms with Gasteiger partial charge in [0, 0.05) is 12.1 Å². The number of nitrogens with one attached hydrogen (secondary N) is 2. The summed E-state index contributed by atoms with van der Waals surface area (Å²) >= 11 is 0. The van der Waals surface area contributed by atoms with Crippen molar-refractivity contribution in [3.05, 3.63) is 35.9 Å². The zero-order chi connectivity index (χ0) is 30.5. The average Bonchev–Trinajstić information content (AvgIpc) is 2.94. The van der Waals surface area contributed by atoms with Gasteiger partial charge in [-0.3, -0.25) is 4.79 Å². The van der Waals surface area contributed by atoms with E-state index in [0.29, 0.717) is 6.42 Å². The van der Waals surface area contributed by atoms with E-state index < -0.39 is 35.8 Å². The zero-order valence-electron chi connectivity index (χ0n) is 26.4. The molecular formula is C33H53N3O6. The van der Waals surface area contributed by atoms with Crippen LogP contribution in [0.4, 0.5) is 9.59 Å². The van der Waals surface area contributed by atoms with Gasteiger partial charge in [0.05, 0.1) is 18.5 Å². The molecule has 2 atom stereocenters. The number of hydrogen-bond donors (Lipinski definition) is 2. The smallest absolute Gasteiger partial charge is 0.407 e. The normalized spacial score (nSPS) is 18.3. The summed E-state index contributed by atoms with van der Waals surface area (Å²) < 4.78 is 11.0. The van der Waals surface area contributed by atoms with Crippen LogP contribution in [0.15, 0.2) is 30.3 Å². The van der Waals surface area contributed by atoms with Crippen LogP contribution in [-0.4, -0.2) is 53.0 Å². The van der Waals surface area contributed by atoms with Crippen molar-refractivity contribution < 1.29 is 28.7 Å². The Labute approximate surface area is 252 Å². The standard InChI is InChI=1S/C33H53N3O6/c1-24(2)21-28(35-32(39)41-33(3,4)5)29(34-31(38)40-23-25-15-9-6-10-16-25)22-30(37)42-36(26-17-11-7-12-18-26)27-19-13-8-14-20-27/h6,9-10,15-16,24,26-29H,7-8,11-14,17-23H2,1-5H3,(H,34,38)(H,35,39)/t28-,29-/m0/s1. The molecule has 0 aromatic heterocycles. The first kappa shape index (κ1) is 33.7. The lowest BCUT2D eigenvalue weighted by molar-refractivity contribution is -0.223. The van der Waals surface area contributed by atoms with Gasteiger partial charge in [-0.25, -0.2) is 9.59 Å². The SMILES string of the molecule is CC(C)C[C@H](NC(=O)OC(C)(C)C)[C@H](CC(=O)ON(C1CCCCC1)C1CCCCC1)NC(=O)OCc1ccccc1. The second-order valence-corrected chi connectivity index (χ2v) is 13.3. The maximum absolute atomic E-state index is 13.6. The largest absolute Gasteiger partial charge is 0.445 e. The molecule has 2 amide bonds. The van der Waals surface area contributed by atoms with Crippen LogP contribution in [0.3, 0.4) is 0 Å². The number of amides is 2. The van der Waals surface area contributed by atoms with Gasteiger partial charge in [-0.1, -0.05) is 82.7 Å². The Hall–Kier alpha value is -2.81. The van der Waals surface area contributed by atoms with Gasteiger partial charge in [-0.2, -0.15) is 0 Å². The molecule has 0 heterocycles. The fourth-order valence-corrected chi connectivity index (χ4v) is 5.95. The predicted octanol–water partition coefficient (Wildman–Crippen LogP) is 7.04. The fourth-order valence-electron chi connectivity index (χ4n) is 5.95. The summed E-state index contributed by atoms with van der Waals surface area (Å²) in [5, 5.41) is 7.78. The predicted molar refractivity (Wildman–Crippen MR) is 162 cm³/mol. The van der Waals surface area contributed by atoms with Gasteiger partial charge in [0.25, 0.3) is 0 Å². The van der Waals surface area contributed by atoms with E-state index in [4.69, 9.17) is 14.3 Å². The Morgan fingerprint density at radius 2 is 1.38 bits per heavy atom. The molecule has 2 aliphatic carbocycles. The molecule has 9 heteroatoms. The summed E-state index contributed by atoms with van der Waals surface area (Å²) in [6.45, 7) is 9.53. The molecule has 0 saturated heterocycles. The van der Waals surface area contributed by atoms with E-state index >= 15 is 0 Å². The Morgan fingerprint density at radius 3 is 1.90 bits per heavy atom. The van der Waals surface area contributed by atoms with Crippen LogP contribution in [0.2, 0.25) is 0 Å². The third kappa shape index (κ3) is 12.2. The Balaban J connectivity index is 1.76. The maximum atomic E-state index is 13.6. The zero-order valence-corrected chi connectivity index (χ0v) is 26.4. The third-order valence-corrected chi connectivity index (χ3v) is 7.89. The number of alkyl carbamates (subject to hydrolysis) is 2. The minimum absolute atomic E-state index is 0.0926. The molecule has 1 aromatic rings. The van der Waals surface area contributed by atoms with Gasteiger partial charge in [0.15, 0.2) is 0 Å². The van der Waals surface area contributed by atoms with Crippen molar-refractivity contribution in [3.8, 4) is 0 Å². The molecule has 9 nitrogen and oxygen atoms in total. The summed E-state index contributed by atoms with van der Waals surface area (Å²) in [5.41, 5.74) is 0.161. The van der Waals surface area contributed by atoms with Crippen molar-refractivity contribution in [2.75, 3.05) is 0 Å². The van der Waals surface area contributed by atoms with Crippen LogP contribution in [-0.2, 0) is 25.7 Å². The number of hydroxylamine groups is 2. The minimum atomic E-state index is -0.754. The van der Waals surface area contributed by atoms with Crippen LogP contribution in [0.25, 0.3) is 0 Å². The van der Waals surface area contributed by atoms with Crippen LogP contribution in [0, 0.1) is 5.92 Å². The highest BCUT2D eigenvalue weighted by molar-refractivity contribution is 5.74. The highest BCUT2D eigenvalue weighted by Gasteiger charge is 2.35. The van der Waals surface area contributed by atoms with E-state index in [1.165, 1.54) is 12.8 Å². The van der Waals surface area contributed by atoms with E-state index in [1.807, 2.05) is 49.2 Å². The summed E-state index contributed by atoms with van der Waals surface area (Å²) in [6.07, 6.45) is 10.2. The van der Waals surface area contributed by atoms with E-state index in [-0.39, 0.29) is 31.0 Å². The fraction of sp³-hybridized carbons (Fsp3) is 0.727. The number of nitrogens with zero attached hydrogens (tertiary/aromatic N) is 1. The first-order chi connectivity index (χ1) is 20.0. The second kappa shape index (κ2) is 16.7. The van der Waals surface area contributed by atoms with E-state index in [1.54, 1.807) is 20.8 Å². The number of ether oxygens (including phenoxy) is 2. The molecule has 0 aliphatic heterocycles. The van der Waals surface area contributed by atoms with Crippen molar-refractivity contribution in [2.24, 2.45) is 5.92 Å². The average molecular weight is 588 g/mol. The van der Waals surface area contributed by atoms with E-state index in [0.717, 1.165) is 56.9 Å². The molecule has 2 saturated carbocycles. The first-order valence-electron chi connectivity index (χ1n) is 16.0. The molecule has 2 N–H and O–H groups in total. The summed E-state index contributed by atoms with van der Waals surface area (Å²) in [4.78, 5) is 45.6. The second-order valence-electron chi connectivity index (χ2n) is 13.3. The van der Waals surface area contributed by atoms with Gasteiger partial charge in [0.1, 0.15) is 12.2 Å². The lowest BCUT2D eigenvalue weighted by atomic mass is 9.90. The quantitative estimate of drug-likeness (QED) is 0.253. The number of hydrogen-bond acceptors (Lipinski definition) is 7. The van der Waals surface area contributed by atoms with Crippen molar-refractivity contribution >= 4 is 18.2 Å². The molecule has 236 valence electrons. The molecule has 1 aromatic carbocycles. The molecule has 42 heavy (non-hydrogen) atoms. The number of benzene rings is 1. The maximum Gasteiger partial charge on any atom is 0.407 e. The molecule has 0 radical (unpaired) electrons. The number of carbonyl (C=O) groups is 3. The highest BCUT2D eigenvalue weighted by atomic mass is 16.7. The lowest BCUT2D eigenvalue weighted by Crippen LogP contribution is -2.54. The Kier molecular flexibility index (Phi) is 13.4. The molecule has 2 fully saturated rings. The van der Waals surface area contributed by atoms with Crippen molar-refractivity contribution in [1.29, 1.82) is 0 Å². The summed E-state index contributed by atoms with van der Waals surface area (Å²) in [5.74, 6) is -0.245. The summed E-state index contributed by atoms with van der Waals surface area (Å²) in [7, 11) is 0. The molecule has 3 rings (SSSR count). The minimum Gasteiger partial charge on any atom is -0.445 e. The van der Waals surface area contributed by atoms with Crippen molar-refractivity contribution in [1.82, 2.24) is 15.7 Å². The number of carbonyl (C=O) groups excluding carboxylic acids is 3. The highest BCUT2D eigenvalue weighted by Crippen LogP contribution is 2.31. The van der Waals surface area contributed by atoms with Crippen molar-refractivity contribution in [2.45, 2.75) is 148 Å². The first-order valence-corrected chi connectivity index (χ1v) is 16.0. The Morgan fingerprint density at radius 1 is 0.833 bits per heavy atom. The monoisotopic (exact) mass is 587 g/mol. The topological polar surface area (TPSA) is 106 Å². The van der Waals surface area contributed by atoms with Crippen LogP contribution < -0.4 is 10.6 Å². The molecular weight excluding hydrogens is 534 g/mol.